The summed E-state index contributed by atoms with van der Waals surface area (Å²) in [6.45, 7) is 5.08. The van der Waals surface area contributed by atoms with Crippen molar-refractivity contribution in [1.29, 1.82) is 0 Å². The minimum Gasteiger partial charge on any atom is -0.394 e. The number of aliphatic hydroxyl groups is 1. The molecule has 23 heavy (non-hydrogen) atoms. The Morgan fingerprint density at radius 3 is 2.96 bits per heavy atom. The lowest BCUT2D eigenvalue weighted by molar-refractivity contribution is -0.0421. The van der Waals surface area contributed by atoms with Gasteiger partial charge in [-0.1, -0.05) is 25.1 Å². The lowest BCUT2D eigenvalue weighted by Crippen LogP contribution is -2.53. The third-order valence-corrected chi connectivity index (χ3v) is 6.95. The second kappa shape index (κ2) is 4.84. The van der Waals surface area contributed by atoms with Gasteiger partial charge >= 0.3 is 0 Å². The molecule has 3 atom stereocenters. The Morgan fingerprint density at radius 1 is 1.26 bits per heavy atom. The minimum absolute atomic E-state index is 0.248. The van der Waals surface area contributed by atoms with Crippen LogP contribution in [0.25, 0.3) is 10.9 Å². The van der Waals surface area contributed by atoms with Gasteiger partial charge in [-0.3, -0.25) is 4.90 Å². The maximum absolute atomic E-state index is 10.2. The Balaban J connectivity index is 1.85. The van der Waals surface area contributed by atoms with Crippen molar-refractivity contribution < 1.29 is 5.11 Å². The number of aromatic nitrogens is 1. The molecule has 0 radical (unpaired) electrons. The van der Waals surface area contributed by atoms with Crippen molar-refractivity contribution in [2.75, 3.05) is 19.7 Å². The van der Waals surface area contributed by atoms with Gasteiger partial charge in [-0.05, 0) is 55.7 Å². The molecule has 0 unspecified atom stereocenters. The van der Waals surface area contributed by atoms with Crippen LogP contribution in [0.15, 0.2) is 24.3 Å². The summed E-state index contributed by atoms with van der Waals surface area (Å²) in [5, 5.41) is 11.6. The summed E-state index contributed by atoms with van der Waals surface area (Å²) < 4.78 is 2.51. The van der Waals surface area contributed by atoms with Crippen LogP contribution >= 0.6 is 0 Å². The molecule has 0 amide bonds. The zero-order valence-corrected chi connectivity index (χ0v) is 14.0. The largest absolute Gasteiger partial charge is 0.394 e. The fourth-order valence-corrected chi connectivity index (χ4v) is 5.99. The van der Waals surface area contributed by atoms with E-state index in [9.17, 15) is 5.11 Å². The first-order valence-corrected chi connectivity index (χ1v) is 9.25. The molecule has 3 aliphatic rings. The average Bonchev–Trinajstić information content (AvgIpc) is 2.95. The molecule has 3 aliphatic heterocycles. The molecular weight excluding hydrogens is 284 g/mol. The summed E-state index contributed by atoms with van der Waals surface area (Å²) in [6, 6.07) is 9.67. The van der Waals surface area contributed by atoms with Crippen LogP contribution in [0.5, 0.6) is 0 Å². The van der Waals surface area contributed by atoms with Crippen LogP contribution in [0.3, 0.4) is 0 Å². The predicted molar refractivity (Wildman–Crippen MR) is 92.7 cm³/mol. The quantitative estimate of drug-likeness (QED) is 0.917. The van der Waals surface area contributed by atoms with Gasteiger partial charge in [0.2, 0.25) is 0 Å². The third kappa shape index (κ3) is 1.67. The topological polar surface area (TPSA) is 28.4 Å². The Hall–Kier alpha value is -1.32. The first-order valence-electron chi connectivity index (χ1n) is 9.25. The molecule has 1 N–H and O–H groups in total. The number of nitrogens with zero attached hydrogens (tertiary/aromatic N) is 2. The number of para-hydroxylation sites is 1. The molecule has 3 nitrogen and oxygen atoms in total. The Labute approximate surface area is 137 Å². The lowest BCUT2D eigenvalue weighted by atomic mass is 9.63. The van der Waals surface area contributed by atoms with Crippen molar-refractivity contribution >= 4 is 10.9 Å². The monoisotopic (exact) mass is 310 g/mol. The molecule has 0 aliphatic carbocycles. The highest BCUT2D eigenvalue weighted by Gasteiger charge is 2.52. The molecule has 1 saturated heterocycles. The van der Waals surface area contributed by atoms with Gasteiger partial charge in [0, 0.05) is 23.1 Å². The third-order valence-electron chi connectivity index (χ3n) is 6.95. The number of hydrogen-bond acceptors (Lipinski definition) is 2. The normalized spacial score (nSPS) is 33.0. The SMILES string of the molecule is CC[C@@]12CCCN3CCc4c(n(c5ccccc45)[C@@H](CO)C1)[C@@H]32. The van der Waals surface area contributed by atoms with Gasteiger partial charge in [-0.2, -0.15) is 0 Å². The van der Waals surface area contributed by atoms with Crippen molar-refractivity contribution in [2.24, 2.45) is 5.41 Å². The average molecular weight is 310 g/mol. The summed E-state index contributed by atoms with van der Waals surface area (Å²) >= 11 is 0. The van der Waals surface area contributed by atoms with E-state index < -0.39 is 0 Å². The second-order valence-electron chi connectivity index (χ2n) is 7.80. The van der Waals surface area contributed by atoms with Crippen molar-refractivity contribution in [1.82, 2.24) is 9.47 Å². The minimum atomic E-state index is 0.248. The molecule has 5 rings (SSSR count). The van der Waals surface area contributed by atoms with Crippen LogP contribution in [0.1, 0.15) is 55.9 Å². The Morgan fingerprint density at radius 2 is 2.13 bits per heavy atom. The van der Waals surface area contributed by atoms with E-state index in [1.807, 2.05) is 0 Å². The smallest absolute Gasteiger partial charge is 0.0639 e. The zero-order valence-electron chi connectivity index (χ0n) is 14.0. The highest BCUT2D eigenvalue weighted by Crippen LogP contribution is 2.59. The molecule has 122 valence electrons. The standard InChI is InChI=1S/C20H26N2O/c1-2-20-9-5-10-21-11-8-16-15-6-3-4-7-17(15)22(14(12-20)13-23)18(16)19(20)21/h3-4,6-7,14,19,23H,2,5,8-13H2,1H3/t14-,19-,20-/m1/s1. The highest BCUT2D eigenvalue weighted by atomic mass is 16.3. The van der Waals surface area contributed by atoms with Gasteiger partial charge < -0.3 is 9.67 Å². The first-order chi connectivity index (χ1) is 11.3. The van der Waals surface area contributed by atoms with E-state index in [1.54, 1.807) is 11.3 Å². The number of benzene rings is 1. The maximum atomic E-state index is 10.2. The van der Waals surface area contributed by atoms with Crippen LogP contribution in [-0.2, 0) is 6.42 Å². The molecule has 0 saturated carbocycles. The summed E-state index contributed by atoms with van der Waals surface area (Å²) in [7, 11) is 0. The van der Waals surface area contributed by atoms with Gasteiger partial charge in [0.1, 0.15) is 0 Å². The van der Waals surface area contributed by atoms with Crippen LogP contribution < -0.4 is 0 Å². The summed E-state index contributed by atoms with van der Waals surface area (Å²) in [6.07, 6.45) is 6.16. The van der Waals surface area contributed by atoms with E-state index in [4.69, 9.17) is 0 Å². The van der Waals surface area contributed by atoms with Crippen LogP contribution in [0, 0.1) is 5.41 Å². The molecule has 1 aromatic heterocycles. The van der Waals surface area contributed by atoms with Gasteiger partial charge in [0.25, 0.3) is 0 Å². The highest BCUT2D eigenvalue weighted by molar-refractivity contribution is 5.86. The predicted octanol–water partition coefficient (Wildman–Crippen LogP) is 3.67. The van der Waals surface area contributed by atoms with Crippen molar-refractivity contribution in [3.63, 3.8) is 0 Å². The van der Waals surface area contributed by atoms with E-state index in [0.717, 1.165) is 12.8 Å². The van der Waals surface area contributed by atoms with Crippen LogP contribution in [0.4, 0.5) is 0 Å². The molecule has 2 aromatic rings. The Bertz CT molecular complexity index is 764. The first kappa shape index (κ1) is 14.1. The molecule has 3 heteroatoms. The van der Waals surface area contributed by atoms with Crippen LogP contribution in [0.2, 0.25) is 0 Å². The van der Waals surface area contributed by atoms with Gasteiger partial charge in [0.15, 0.2) is 0 Å². The molecule has 1 aromatic carbocycles. The molecule has 1 fully saturated rings. The molecule has 0 spiro atoms. The second-order valence-corrected chi connectivity index (χ2v) is 7.80. The molecular formula is C20H26N2O. The number of rotatable bonds is 2. The van der Waals surface area contributed by atoms with Gasteiger partial charge in [0.05, 0.1) is 18.7 Å². The summed E-state index contributed by atoms with van der Waals surface area (Å²) in [4.78, 5) is 2.75. The number of piperidine rings is 1. The van der Waals surface area contributed by atoms with E-state index in [0.29, 0.717) is 11.5 Å². The zero-order chi connectivity index (χ0) is 15.6. The summed E-state index contributed by atoms with van der Waals surface area (Å²) in [5.74, 6) is 0. The van der Waals surface area contributed by atoms with Gasteiger partial charge in [-0.25, -0.2) is 0 Å². The fraction of sp³-hybridized carbons (Fsp3) is 0.600. The van der Waals surface area contributed by atoms with Crippen molar-refractivity contribution in [2.45, 2.75) is 51.1 Å². The fourth-order valence-electron chi connectivity index (χ4n) is 5.99. The van der Waals surface area contributed by atoms with Crippen LogP contribution in [-0.4, -0.2) is 34.3 Å². The van der Waals surface area contributed by atoms with Crippen molar-refractivity contribution in [3.8, 4) is 0 Å². The van der Waals surface area contributed by atoms with E-state index >= 15 is 0 Å². The summed E-state index contributed by atoms with van der Waals surface area (Å²) in [5.41, 5.74) is 4.82. The van der Waals surface area contributed by atoms with Crippen molar-refractivity contribution in [3.05, 3.63) is 35.5 Å². The number of aliphatic hydroxyl groups excluding tert-OH is 1. The number of fused-ring (bicyclic) bond motifs is 3. The number of hydrogen-bond donors (Lipinski definition) is 1. The van der Waals surface area contributed by atoms with Gasteiger partial charge in [-0.15, -0.1) is 0 Å². The maximum Gasteiger partial charge on any atom is 0.0639 e. The lowest BCUT2D eigenvalue weighted by Gasteiger charge is -2.56. The van der Waals surface area contributed by atoms with E-state index in [1.165, 1.54) is 43.3 Å². The molecule has 0 bridgehead atoms. The Kier molecular flexibility index (Phi) is 2.96. The van der Waals surface area contributed by atoms with E-state index in [2.05, 4.69) is 40.7 Å². The van der Waals surface area contributed by atoms with E-state index in [-0.39, 0.29) is 12.6 Å². The molecule has 4 heterocycles.